The molecule has 0 radical (unpaired) electrons. The number of rotatable bonds is 9. The highest BCUT2D eigenvalue weighted by atomic mass is 16.5. The normalized spacial score (nSPS) is 13.1. The minimum Gasteiger partial charge on any atom is -0.493 e. The summed E-state index contributed by atoms with van der Waals surface area (Å²) in [6.07, 6.45) is 3.86. The van der Waals surface area contributed by atoms with E-state index in [2.05, 4.69) is 20.6 Å². The Balaban J connectivity index is 1.30. The molecule has 0 fully saturated rings. The zero-order valence-corrected chi connectivity index (χ0v) is 18.8. The second kappa shape index (κ2) is 10.7. The van der Waals surface area contributed by atoms with Crippen LogP contribution in [0.4, 0.5) is 5.82 Å². The lowest BCUT2D eigenvalue weighted by molar-refractivity contribution is -0.139. The SMILES string of the molecule is Cc1cnccc1C(=O)N[C@@H](Cc1ccc(OCCc2ccc3c(n2)NCCO3)cc1)C(=O)O. The number of carbonyl (C=O) groups is 2. The molecule has 3 aromatic rings. The van der Waals surface area contributed by atoms with Gasteiger partial charge < -0.3 is 25.2 Å². The second-order valence-corrected chi connectivity index (χ2v) is 7.93. The van der Waals surface area contributed by atoms with E-state index in [9.17, 15) is 14.7 Å². The Kier molecular flexibility index (Phi) is 7.22. The molecule has 1 atom stereocenters. The summed E-state index contributed by atoms with van der Waals surface area (Å²) in [5, 5.41) is 15.4. The summed E-state index contributed by atoms with van der Waals surface area (Å²) in [7, 11) is 0. The quantitative estimate of drug-likeness (QED) is 0.444. The van der Waals surface area contributed by atoms with Crippen molar-refractivity contribution in [2.24, 2.45) is 0 Å². The van der Waals surface area contributed by atoms with Crippen molar-refractivity contribution >= 4 is 17.7 Å². The predicted octanol–water partition coefficient (Wildman–Crippen LogP) is 2.64. The standard InChI is InChI=1S/C25H26N4O5/c1-16-15-26-10-8-20(16)24(30)29-21(25(31)32)14-17-2-5-19(6-3-17)33-12-9-18-4-7-22-23(28-18)27-11-13-34-22/h2-8,10,15,21H,9,11-14H2,1H3,(H,27,28)(H,29,30)(H,31,32)/t21-/m0/s1. The summed E-state index contributed by atoms with van der Waals surface area (Å²) in [4.78, 5) is 32.7. The fraction of sp³-hybridized carbons (Fsp3) is 0.280. The Labute approximate surface area is 197 Å². The molecule has 34 heavy (non-hydrogen) atoms. The number of amides is 1. The first-order valence-electron chi connectivity index (χ1n) is 11.0. The number of benzene rings is 1. The van der Waals surface area contributed by atoms with Gasteiger partial charge in [0.1, 0.15) is 18.4 Å². The van der Waals surface area contributed by atoms with Crippen molar-refractivity contribution in [2.75, 3.05) is 25.1 Å². The number of carboxylic acid groups (broad SMARTS) is 1. The van der Waals surface area contributed by atoms with Gasteiger partial charge in [0.15, 0.2) is 11.6 Å². The number of nitrogens with zero attached hydrogens (tertiary/aromatic N) is 2. The first-order valence-corrected chi connectivity index (χ1v) is 11.0. The van der Waals surface area contributed by atoms with Gasteiger partial charge in [0, 0.05) is 36.5 Å². The molecule has 0 spiro atoms. The summed E-state index contributed by atoms with van der Waals surface area (Å²) >= 11 is 0. The average molecular weight is 463 g/mol. The maximum absolute atomic E-state index is 12.5. The number of anilines is 1. The van der Waals surface area contributed by atoms with Crippen LogP contribution in [0.25, 0.3) is 0 Å². The van der Waals surface area contributed by atoms with E-state index in [1.165, 1.54) is 6.20 Å². The molecule has 9 heteroatoms. The molecule has 2 aromatic heterocycles. The maximum Gasteiger partial charge on any atom is 0.326 e. The number of hydrogen-bond acceptors (Lipinski definition) is 7. The van der Waals surface area contributed by atoms with Crippen LogP contribution in [0.5, 0.6) is 11.5 Å². The number of pyridine rings is 2. The van der Waals surface area contributed by atoms with Crippen LogP contribution in [-0.4, -0.2) is 52.8 Å². The molecule has 3 heterocycles. The molecule has 1 aliphatic rings. The number of carboxylic acids is 1. The second-order valence-electron chi connectivity index (χ2n) is 7.93. The van der Waals surface area contributed by atoms with Gasteiger partial charge in [0.25, 0.3) is 5.91 Å². The van der Waals surface area contributed by atoms with E-state index in [1.54, 1.807) is 43.5 Å². The molecular formula is C25H26N4O5. The Morgan fingerprint density at radius 2 is 2.03 bits per heavy atom. The largest absolute Gasteiger partial charge is 0.493 e. The molecule has 0 saturated carbocycles. The van der Waals surface area contributed by atoms with Crippen molar-refractivity contribution in [3.05, 3.63) is 77.2 Å². The summed E-state index contributed by atoms with van der Waals surface area (Å²) in [5.41, 5.74) is 2.76. The van der Waals surface area contributed by atoms with Gasteiger partial charge in [0.2, 0.25) is 0 Å². The monoisotopic (exact) mass is 462 g/mol. The molecule has 176 valence electrons. The number of hydrogen-bond donors (Lipinski definition) is 3. The molecule has 4 rings (SSSR count). The number of nitrogens with one attached hydrogen (secondary N) is 2. The smallest absolute Gasteiger partial charge is 0.326 e. The van der Waals surface area contributed by atoms with E-state index in [0.29, 0.717) is 36.5 Å². The highest BCUT2D eigenvalue weighted by Crippen LogP contribution is 2.25. The minimum absolute atomic E-state index is 0.152. The van der Waals surface area contributed by atoms with E-state index in [1.807, 2.05) is 12.1 Å². The van der Waals surface area contributed by atoms with Crippen LogP contribution in [0.3, 0.4) is 0 Å². The molecule has 0 bridgehead atoms. The molecule has 0 saturated heterocycles. The summed E-state index contributed by atoms with van der Waals surface area (Å²) < 4.78 is 11.3. The molecule has 9 nitrogen and oxygen atoms in total. The van der Waals surface area contributed by atoms with Gasteiger partial charge in [-0.05, 0) is 48.4 Å². The third kappa shape index (κ3) is 5.80. The van der Waals surface area contributed by atoms with Gasteiger partial charge in [-0.25, -0.2) is 9.78 Å². The predicted molar refractivity (Wildman–Crippen MR) is 125 cm³/mol. The topological polar surface area (TPSA) is 123 Å². The molecule has 3 N–H and O–H groups in total. The number of aliphatic carboxylic acids is 1. The van der Waals surface area contributed by atoms with Gasteiger partial charge in [-0.2, -0.15) is 0 Å². The molecule has 1 aliphatic heterocycles. The van der Waals surface area contributed by atoms with Gasteiger partial charge in [0.05, 0.1) is 13.2 Å². The van der Waals surface area contributed by atoms with E-state index in [4.69, 9.17) is 9.47 Å². The third-order valence-corrected chi connectivity index (χ3v) is 5.43. The van der Waals surface area contributed by atoms with Crippen LogP contribution in [0.2, 0.25) is 0 Å². The Morgan fingerprint density at radius 1 is 1.21 bits per heavy atom. The van der Waals surface area contributed by atoms with Crippen LogP contribution < -0.4 is 20.1 Å². The van der Waals surface area contributed by atoms with Crippen molar-refractivity contribution in [1.82, 2.24) is 15.3 Å². The van der Waals surface area contributed by atoms with Crippen molar-refractivity contribution < 1.29 is 24.2 Å². The number of aryl methyl sites for hydroxylation is 1. The van der Waals surface area contributed by atoms with Crippen molar-refractivity contribution in [1.29, 1.82) is 0 Å². The fourth-order valence-corrected chi connectivity index (χ4v) is 3.59. The van der Waals surface area contributed by atoms with Crippen LogP contribution in [0, 0.1) is 6.92 Å². The number of ether oxygens (including phenoxy) is 2. The van der Waals surface area contributed by atoms with Gasteiger partial charge >= 0.3 is 5.97 Å². The number of aromatic nitrogens is 2. The third-order valence-electron chi connectivity index (χ3n) is 5.43. The number of carbonyl (C=O) groups excluding carboxylic acids is 1. The Morgan fingerprint density at radius 3 is 2.79 bits per heavy atom. The molecule has 1 amide bonds. The van der Waals surface area contributed by atoms with Crippen LogP contribution in [0.15, 0.2) is 54.9 Å². The first kappa shape index (κ1) is 23.0. The van der Waals surface area contributed by atoms with Crippen molar-refractivity contribution in [3.8, 4) is 11.5 Å². The van der Waals surface area contributed by atoms with Crippen LogP contribution in [-0.2, 0) is 17.6 Å². The zero-order chi connectivity index (χ0) is 23.9. The molecule has 0 unspecified atom stereocenters. The van der Waals surface area contributed by atoms with E-state index >= 15 is 0 Å². The van der Waals surface area contributed by atoms with Gasteiger partial charge in [-0.15, -0.1) is 0 Å². The Bertz CT molecular complexity index is 1170. The molecule has 1 aromatic carbocycles. The minimum atomic E-state index is -1.10. The van der Waals surface area contributed by atoms with Gasteiger partial charge in [-0.1, -0.05) is 12.1 Å². The highest BCUT2D eigenvalue weighted by Gasteiger charge is 2.22. The lowest BCUT2D eigenvalue weighted by Gasteiger charge is -2.18. The van der Waals surface area contributed by atoms with E-state index < -0.39 is 17.9 Å². The van der Waals surface area contributed by atoms with E-state index in [-0.39, 0.29) is 6.42 Å². The summed E-state index contributed by atoms with van der Waals surface area (Å²) in [5.74, 6) is 0.652. The van der Waals surface area contributed by atoms with Crippen molar-refractivity contribution in [2.45, 2.75) is 25.8 Å². The van der Waals surface area contributed by atoms with Crippen LogP contribution in [0.1, 0.15) is 27.2 Å². The Hall–Kier alpha value is -4.14. The zero-order valence-electron chi connectivity index (χ0n) is 18.8. The maximum atomic E-state index is 12.5. The number of fused-ring (bicyclic) bond motifs is 1. The van der Waals surface area contributed by atoms with Crippen LogP contribution >= 0.6 is 0 Å². The lowest BCUT2D eigenvalue weighted by Crippen LogP contribution is -2.42. The summed E-state index contributed by atoms with van der Waals surface area (Å²) in [6, 6.07) is 11.5. The molecule has 0 aliphatic carbocycles. The molecular weight excluding hydrogens is 436 g/mol. The van der Waals surface area contributed by atoms with Crippen molar-refractivity contribution in [3.63, 3.8) is 0 Å². The summed E-state index contributed by atoms with van der Waals surface area (Å²) in [6.45, 7) is 3.58. The average Bonchev–Trinajstić information content (AvgIpc) is 2.84. The van der Waals surface area contributed by atoms with Gasteiger partial charge in [-0.3, -0.25) is 9.78 Å². The fourth-order valence-electron chi connectivity index (χ4n) is 3.59. The lowest BCUT2D eigenvalue weighted by atomic mass is 10.0. The first-order chi connectivity index (χ1) is 16.5. The highest BCUT2D eigenvalue weighted by molar-refractivity contribution is 5.97. The van der Waals surface area contributed by atoms with E-state index in [0.717, 1.165) is 29.4 Å².